The normalized spacial score (nSPS) is 11.9. The highest BCUT2D eigenvalue weighted by Gasteiger charge is 2.05. The zero-order valence-electron chi connectivity index (χ0n) is 13.6. The minimum Gasteiger partial charge on any atom is -0.457 e. The maximum atomic E-state index is 6.19. The van der Waals surface area contributed by atoms with Gasteiger partial charge in [0, 0.05) is 12.1 Å². The number of likely N-dealkylation sites (N-methyl/N-ethyl adjacent to an activating group) is 1. The molecule has 2 heteroatoms. The van der Waals surface area contributed by atoms with Crippen LogP contribution in [-0.2, 0) is 0 Å². The largest absolute Gasteiger partial charge is 0.457 e. The summed E-state index contributed by atoms with van der Waals surface area (Å²) in [6.45, 7) is 0.831. The van der Waals surface area contributed by atoms with Gasteiger partial charge in [0.2, 0.25) is 0 Å². The van der Waals surface area contributed by atoms with Gasteiger partial charge in [-0.3, -0.25) is 0 Å². The standard InChI is InChI=1S/C21H21NO/c1-22(2)15-14-21(18-9-4-3-5-10-18)23-20-13-12-17-8-6-7-11-19(17)16-20/h3-14,16H,15H2,1-2H3. The van der Waals surface area contributed by atoms with Gasteiger partial charge in [-0.15, -0.1) is 0 Å². The highest BCUT2D eigenvalue weighted by atomic mass is 16.5. The Hall–Kier alpha value is -2.58. The SMILES string of the molecule is CN(C)CC=C(Oc1ccc2ccccc2c1)c1ccccc1. The summed E-state index contributed by atoms with van der Waals surface area (Å²) >= 11 is 0. The lowest BCUT2D eigenvalue weighted by molar-refractivity contribution is 0.448. The van der Waals surface area contributed by atoms with Gasteiger partial charge in [-0.25, -0.2) is 0 Å². The van der Waals surface area contributed by atoms with Gasteiger partial charge in [0.05, 0.1) is 0 Å². The summed E-state index contributed by atoms with van der Waals surface area (Å²) in [4.78, 5) is 2.12. The molecule has 2 nitrogen and oxygen atoms in total. The van der Waals surface area contributed by atoms with Gasteiger partial charge in [-0.2, -0.15) is 0 Å². The zero-order valence-corrected chi connectivity index (χ0v) is 13.6. The van der Waals surface area contributed by atoms with E-state index in [9.17, 15) is 0 Å². The zero-order chi connectivity index (χ0) is 16.1. The third kappa shape index (κ3) is 3.99. The van der Waals surface area contributed by atoms with Gasteiger partial charge in [-0.05, 0) is 43.1 Å². The Morgan fingerprint density at radius 3 is 2.30 bits per heavy atom. The van der Waals surface area contributed by atoms with Crippen molar-refractivity contribution >= 4 is 16.5 Å². The molecule has 3 aromatic carbocycles. The Morgan fingerprint density at radius 2 is 1.57 bits per heavy atom. The second kappa shape index (κ2) is 7.12. The second-order valence-electron chi connectivity index (χ2n) is 5.81. The lowest BCUT2D eigenvalue weighted by atomic mass is 10.1. The molecule has 0 atom stereocenters. The first-order chi connectivity index (χ1) is 11.2. The van der Waals surface area contributed by atoms with Gasteiger partial charge in [0.25, 0.3) is 0 Å². The fourth-order valence-electron chi connectivity index (χ4n) is 2.44. The molecule has 23 heavy (non-hydrogen) atoms. The van der Waals surface area contributed by atoms with Crippen molar-refractivity contribution in [3.63, 3.8) is 0 Å². The van der Waals surface area contributed by atoms with Crippen LogP contribution in [0.15, 0.2) is 78.9 Å². The van der Waals surface area contributed by atoms with Crippen molar-refractivity contribution in [1.82, 2.24) is 4.90 Å². The van der Waals surface area contributed by atoms with Gasteiger partial charge >= 0.3 is 0 Å². The first-order valence-electron chi connectivity index (χ1n) is 7.79. The summed E-state index contributed by atoms with van der Waals surface area (Å²) in [7, 11) is 4.10. The smallest absolute Gasteiger partial charge is 0.131 e. The van der Waals surface area contributed by atoms with Crippen LogP contribution >= 0.6 is 0 Å². The highest BCUT2D eigenvalue weighted by Crippen LogP contribution is 2.25. The Bertz CT molecular complexity index is 806. The molecule has 0 saturated carbocycles. The Kier molecular flexibility index (Phi) is 4.74. The van der Waals surface area contributed by atoms with Gasteiger partial charge in [0.15, 0.2) is 0 Å². The molecule has 0 bridgehead atoms. The van der Waals surface area contributed by atoms with E-state index < -0.39 is 0 Å². The average Bonchev–Trinajstić information content (AvgIpc) is 2.59. The predicted molar refractivity (Wildman–Crippen MR) is 97.5 cm³/mol. The molecular formula is C21H21NO. The van der Waals surface area contributed by atoms with E-state index in [0.29, 0.717) is 0 Å². The first-order valence-corrected chi connectivity index (χ1v) is 7.79. The van der Waals surface area contributed by atoms with Crippen LogP contribution in [0.5, 0.6) is 5.75 Å². The highest BCUT2D eigenvalue weighted by molar-refractivity contribution is 5.84. The summed E-state index contributed by atoms with van der Waals surface area (Å²) in [5.41, 5.74) is 1.09. The van der Waals surface area contributed by atoms with Crippen LogP contribution in [0, 0.1) is 0 Å². The predicted octanol–water partition coefficient (Wildman–Crippen LogP) is 4.82. The van der Waals surface area contributed by atoms with Crippen LogP contribution in [0.25, 0.3) is 16.5 Å². The van der Waals surface area contributed by atoms with E-state index in [1.165, 1.54) is 10.8 Å². The van der Waals surface area contributed by atoms with Gasteiger partial charge < -0.3 is 9.64 Å². The van der Waals surface area contributed by atoms with Crippen LogP contribution in [0.2, 0.25) is 0 Å². The van der Waals surface area contributed by atoms with E-state index >= 15 is 0 Å². The summed E-state index contributed by atoms with van der Waals surface area (Å²) in [6, 6.07) is 24.7. The molecule has 0 spiro atoms. The quantitative estimate of drug-likeness (QED) is 0.626. The first kappa shape index (κ1) is 15.3. The van der Waals surface area contributed by atoms with Crippen molar-refractivity contribution in [3.8, 4) is 5.75 Å². The topological polar surface area (TPSA) is 12.5 Å². The van der Waals surface area contributed by atoms with E-state index in [1.54, 1.807) is 0 Å². The van der Waals surface area contributed by atoms with Crippen molar-refractivity contribution in [2.45, 2.75) is 0 Å². The molecule has 0 N–H and O–H groups in total. The van der Waals surface area contributed by atoms with Crippen LogP contribution in [-0.4, -0.2) is 25.5 Å². The average molecular weight is 303 g/mol. The third-order valence-electron chi connectivity index (χ3n) is 3.65. The van der Waals surface area contributed by atoms with Crippen molar-refractivity contribution < 1.29 is 4.74 Å². The molecular weight excluding hydrogens is 282 g/mol. The maximum absolute atomic E-state index is 6.19. The van der Waals surface area contributed by atoms with Crippen LogP contribution in [0.1, 0.15) is 5.56 Å². The molecule has 0 radical (unpaired) electrons. The second-order valence-corrected chi connectivity index (χ2v) is 5.81. The van der Waals surface area contributed by atoms with Crippen molar-refractivity contribution in [2.75, 3.05) is 20.6 Å². The number of fused-ring (bicyclic) bond motifs is 1. The lowest BCUT2D eigenvalue weighted by Crippen LogP contribution is -2.12. The Morgan fingerprint density at radius 1 is 0.870 bits per heavy atom. The molecule has 3 rings (SSSR count). The number of nitrogens with zero attached hydrogens (tertiary/aromatic N) is 1. The van der Waals surface area contributed by atoms with Crippen molar-refractivity contribution in [3.05, 3.63) is 84.4 Å². The molecule has 0 amide bonds. The summed E-state index contributed by atoms with van der Waals surface area (Å²) in [6.07, 6.45) is 2.12. The van der Waals surface area contributed by atoms with Crippen molar-refractivity contribution in [1.29, 1.82) is 0 Å². The van der Waals surface area contributed by atoms with E-state index in [1.807, 2.05) is 30.3 Å². The minimum atomic E-state index is 0.831. The minimum absolute atomic E-state index is 0.831. The molecule has 3 aromatic rings. The molecule has 0 fully saturated rings. The molecule has 0 aliphatic carbocycles. The molecule has 0 heterocycles. The lowest BCUT2D eigenvalue weighted by Gasteiger charge is -2.13. The molecule has 0 aliphatic heterocycles. The maximum Gasteiger partial charge on any atom is 0.131 e. The van der Waals surface area contributed by atoms with Crippen LogP contribution in [0.3, 0.4) is 0 Å². The Balaban J connectivity index is 1.91. The molecule has 116 valence electrons. The summed E-state index contributed by atoms with van der Waals surface area (Å²) in [5, 5.41) is 2.41. The molecule has 0 aliphatic rings. The van der Waals surface area contributed by atoms with E-state index in [-0.39, 0.29) is 0 Å². The van der Waals surface area contributed by atoms with Crippen LogP contribution < -0.4 is 4.74 Å². The summed E-state index contributed by atoms with van der Waals surface area (Å²) < 4.78 is 6.19. The van der Waals surface area contributed by atoms with Crippen LogP contribution in [0.4, 0.5) is 0 Å². The third-order valence-corrected chi connectivity index (χ3v) is 3.65. The fourth-order valence-corrected chi connectivity index (χ4v) is 2.44. The number of ether oxygens (including phenoxy) is 1. The van der Waals surface area contributed by atoms with Crippen molar-refractivity contribution in [2.24, 2.45) is 0 Å². The molecule has 0 aromatic heterocycles. The van der Waals surface area contributed by atoms with E-state index in [4.69, 9.17) is 4.74 Å². The van der Waals surface area contributed by atoms with Gasteiger partial charge in [0.1, 0.15) is 11.5 Å². The molecule has 0 saturated heterocycles. The number of benzene rings is 3. The fraction of sp³-hybridized carbons (Fsp3) is 0.143. The Labute approximate surface area is 137 Å². The summed E-state index contributed by atoms with van der Waals surface area (Å²) in [5.74, 6) is 1.74. The number of rotatable bonds is 5. The number of hydrogen-bond donors (Lipinski definition) is 0. The van der Waals surface area contributed by atoms with Gasteiger partial charge in [-0.1, -0.05) is 60.7 Å². The van der Waals surface area contributed by atoms with E-state index in [0.717, 1.165) is 23.6 Å². The monoisotopic (exact) mass is 303 g/mol. The number of hydrogen-bond acceptors (Lipinski definition) is 2. The molecule has 0 unspecified atom stereocenters. The van der Waals surface area contributed by atoms with E-state index in [2.05, 4.69) is 67.5 Å².